The van der Waals surface area contributed by atoms with Gasteiger partial charge in [-0.25, -0.2) is 0 Å². The minimum Gasteiger partial charge on any atom is -0.466 e. The highest BCUT2D eigenvalue weighted by molar-refractivity contribution is 5.65. The monoisotopic (exact) mass is 233 g/mol. The molecule has 3 nitrogen and oxygen atoms in total. The van der Waals surface area contributed by atoms with Gasteiger partial charge >= 0.3 is 5.97 Å². The van der Waals surface area contributed by atoms with Crippen molar-refractivity contribution in [2.24, 2.45) is 0 Å². The van der Waals surface area contributed by atoms with Gasteiger partial charge in [0.25, 0.3) is 0 Å². The van der Waals surface area contributed by atoms with Crippen molar-refractivity contribution in [3.8, 4) is 0 Å². The number of unbranched alkanes of at least 4 members (excludes halogenated alkanes) is 1. The number of ether oxygens (including phenoxy) is 1. The lowest BCUT2D eigenvalue weighted by atomic mass is 9.96. The Morgan fingerprint density at radius 2 is 2.24 bits per heavy atom. The predicted molar refractivity (Wildman–Crippen MR) is 68.2 cm³/mol. The Balaban J connectivity index is 1.73. The van der Waals surface area contributed by atoms with E-state index in [0.29, 0.717) is 12.5 Å². The number of esters is 1. The van der Waals surface area contributed by atoms with Crippen molar-refractivity contribution >= 4 is 11.7 Å². The lowest BCUT2D eigenvalue weighted by Gasteiger charge is -2.09. The molecule has 1 aliphatic heterocycles. The molecule has 0 aromatic heterocycles. The molecule has 0 spiro atoms. The third-order valence-corrected chi connectivity index (χ3v) is 3.19. The molecule has 0 saturated carbocycles. The topological polar surface area (TPSA) is 38.3 Å². The highest BCUT2D eigenvalue weighted by atomic mass is 16.5. The second kappa shape index (κ2) is 5.71. The van der Waals surface area contributed by atoms with Crippen molar-refractivity contribution in [3.63, 3.8) is 0 Å². The van der Waals surface area contributed by atoms with Crippen LogP contribution in [0.4, 0.5) is 5.69 Å². The Hall–Kier alpha value is -1.51. The summed E-state index contributed by atoms with van der Waals surface area (Å²) in [7, 11) is 0. The molecular formula is C14H19NO2. The zero-order valence-electron chi connectivity index (χ0n) is 10.2. The van der Waals surface area contributed by atoms with Gasteiger partial charge in [0.15, 0.2) is 0 Å². The number of carbonyl (C=O) groups excluding carboxylic acids is 1. The molecule has 1 aliphatic rings. The molecule has 1 N–H and O–H groups in total. The minimum atomic E-state index is -0.183. The van der Waals surface area contributed by atoms with E-state index in [2.05, 4.69) is 29.6 Å². The molecule has 3 heteroatoms. The molecule has 0 fully saturated rings. The number of nitrogens with one attached hydrogen (secondary N) is 1. The van der Waals surface area contributed by atoms with Crippen LogP contribution in [0.15, 0.2) is 24.3 Å². The fourth-order valence-electron chi connectivity index (χ4n) is 2.32. The average molecular weight is 233 g/mol. The van der Waals surface area contributed by atoms with E-state index in [1.54, 1.807) is 0 Å². The van der Waals surface area contributed by atoms with Gasteiger partial charge in [-0.3, -0.25) is 4.79 Å². The number of hydrogen-bond acceptors (Lipinski definition) is 3. The van der Waals surface area contributed by atoms with E-state index < -0.39 is 0 Å². The molecular weight excluding hydrogens is 214 g/mol. The van der Waals surface area contributed by atoms with E-state index in [9.17, 15) is 4.79 Å². The maximum atomic E-state index is 10.6. The number of benzene rings is 1. The Morgan fingerprint density at radius 1 is 1.41 bits per heavy atom. The Kier molecular flexibility index (Phi) is 4.02. The van der Waals surface area contributed by atoms with Gasteiger partial charge in [-0.15, -0.1) is 0 Å². The molecule has 1 aromatic carbocycles. The van der Waals surface area contributed by atoms with Crippen LogP contribution in [-0.4, -0.2) is 19.1 Å². The number of hydrogen-bond donors (Lipinski definition) is 1. The van der Waals surface area contributed by atoms with Gasteiger partial charge in [0.05, 0.1) is 6.61 Å². The highest BCUT2D eigenvalue weighted by Crippen LogP contribution is 2.34. The number of anilines is 1. The maximum absolute atomic E-state index is 10.6. The molecule has 0 aliphatic carbocycles. The molecule has 0 radical (unpaired) electrons. The third-order valence-electron chi connectivity index (χ3n) is 3.19. The smallest absolute Gasteiger partial charge is 0.302 e. The number of para-hydroxylation sites is 1. The second-order valence-corrected chi connectivity index (χ2v) is 4.50. The van der Waals surface area contributed by atoms with Gasteiger partial charge in [-0.05, 0) is 30.9 Å². The lowest BCUT2D eigenvalue weighted by Crippen LogP contribution is -2.04. The van der Waals surface area contributed by atoms with Crippen LogP contribution in [0.25, 0.3) is 0 Å². The molecule has 92 valence electrons. The number of fused-ring (bicyclic) bond motifs is 1. The number of rotatable bonds is 5. The van der Waals surface area contributed by atoms with E-state index in [0.717, 1.165) is 25.8 Å². The Labute approximate surface area is 102 Å². The SMILES string of the molecule is CC(=O)OCCCCC1CNc2ccccc21. The highest BCUT2D eigenvalue weighted by Gasteiger charge is 2.20. The fourth-order valence-corrected chi connectivity index (χ4v) is 2.32. The van der Waals surface area contributed by atoms with Gasteiger partial charge in [0.1, 0.15) is 0 Å². The summed E-state index contributed by atoms with van der Waals surface area (Å²) in [4.78, 5) is 10.6. The van der Waals surface area contributed by atoms with Gasteiger partial charge < -0.3 is 10.1 Å². The zero-order chi connectivity index (χ0) is 12.1. The summed E-state index contributed by atoms with van der Waals surface area (Å²) < 4.78 is 4.92. The summed E-state index contributed by atoms with van der Waals surface area (Å²) in [6.07, 6.45) is 3.22. The van der Waals surface area contributed by atoms with Crippen LogP contribution >= 0.6 is 0 Å². The average Bonchev–Trinajstić information content (AvgIpc) is 2.72. The van der Waals surface area contributed by atoms with E-state index in [1.165, 1.54) is 18.2 Å². The predicted octanol–water partition coefficient (Wildman–Crippen LogP) is 2.93. The summed E-state index contributed by atoms with van der Waals surface area (Å²) in [5, 5.41) is 3.42. The summed E-state index contributed by atoms with van der Waals surface area (Å²) >= 11 is 0. The van der Waals surface area contributed by atoms with Crippen molar-refractivity contribution < 1.29 is 9.53 Å². The standard InChI is InChI=1S/C14H19NO2/c1-11(16)17-9-5-4-6-12-10-15-14-8-3-2-7-13(12)14/h2-3,7-8,12,15H,4-6,9-10H2,1H3. The van der Waals surface area contributed by atoms with Gasteiger partial charge in [0, 0.05) is 25.1 Å². The first kappa shape index (κ1) is 12.0. The fraction of sp³-hybridized carbons (Fsp3) is 0.500. The zero-order valence-corrected chi connectivity index (χ0v) is 10.2. The summed E-state index contributed by atoms with van der Waals surface area (Å²) in [5.41, 5.74) is 2.71. The first-order valence-corrected chi connectivity index (χ1v) is 6.23. The maximum Gasteiger partial charge on any atom is 0.302 e. The molecule has 17 heavy (non-hydrogen) atoms. The minimum absolute atomic E-state index is 0.183. The van der Waals surface area contributed by atoms with Crippen LogP contribution in [0.1, 0.15) is 37.7 Å². The third kappa shape index (κ3) is 3.22. The second-order valence-electron chi connectivity index (χ2n) is 4.50. The van der Waals surface area contributed by atoms with Gasteiger partial charge in [-0.1, -0.05) is 18.2 Å². The van der Waals surface area contributed by atoms with Crippen LogP contribution in [-0.2, 0) is 9.53 Å². The van der Waals surface area contributed by atoms with Crippen LogP contribution in [0, 0.1) is 0 Å². The first-order chi connectivity index (χ1) is 8.27. The molecule has 0 amide bonds. The van der Waals surface area contributed by atoms with Crippen LogP contribution in [0.3, 0.4) is 0 Å². The molecule has 1 unspecified atom stereocenters. The molecule has 1 heterocycles. The summed E-state index contributed by atoms with van der Waals surface area (Å²) in [5.74, 6) is 0.432. The van der Waals surface area contributed by atoms with Crippen LogP contribution in [0.2, 0.25) is 0 Å². The quantitative estimate of drug-likeness (QED) is 0.627. The van der Waals surface area contributed by atoms with Crippen LogP contribution in [0.5, 0.6) is 0 Å². The van der Waals surface area contributed by atoms with E-state index in [-0.39, 0.29) is 5.97 Å². The van der Waals surface area contributed by atoms with Gasteiger partial charge in [0.2, 0.25) is 0 Å². The molecule has 0 saturated heterocycles. The molecule has 1 atom stereocenters. The normalized spacial score (nSPS) is 17.4. The summed E-state index contributed by atoms with van der Waals surface area (Å²) in [6.45, 7) is 3.04. The first-order valence-electron chi connectivity index (χ1n) is 6.23. The van der Waals surface area contributed by atoms with Crippen LogP contribution < -0.4 is 5.32 Å². The van der Waals surface area contributed by atoms with E-state index >= 15 is 0 Å². The van der Waals surface area contributed by atoms with Crippen molar-refractivity contribution in [1.29, 1.82) is 0 Å². The molecule has 1 aromatic rings. The van der Waals surface area contributed by atoms with Crippen molar-refractivity contribution in [3.05, 3.63) is 29.8 Å². The summed E-state index contributed by atoms with van der Waals surface area (Å²) in [6, 6.07) is 8.49. The lowest BCUT2D eigenvalue weighted by molar-refractivity contribution is -0.141. The Morgan fingerprint density at radius 3 is 3.06 bits per heavy atom. The van der Waals surface area contributed by atoms with Crippen molar-refractivity contribution in [2.75, 3.05) is 18.5 Å². The van der Waals surface area contributed by atoms with Crippen molar-refractivity contribution in [2.45, 2.75) is 32.1 Å². The van der Waals surface area contributed by atoms with E-state index in [1.807, 2.05) is 0 Å². The largest absolute Gasteiger partial charge is 0.466 e. The van der Waals surface area contributed by atoms with Gasteiger partial charge in [-0.2, -0.15) is 0 Å². The van der Waals surface area contributed by atoms with Crippen molar-refractivity contribution in [1.82, 2.24) is 0 Å². The Bertz CT molecular complexity index is 390. The number of carbonyl (C=O) groups is 1. The molecule has 0 bridgehead atoms. The molecule has 2 rings (SSSR count). The van der Waals surface area contributed by atoms with E-state index in [4.69, 9.17) is 4.74 Å².